The van der Waals surface area contributed by atoms with E-state index in [0.717, 1.165) is 6.07 Å². The lowest BCUT2D eigenvalue weighted by atomic mass is 10.2. The van der Waals surface area contributed by atoms with Gasteiger partial charge in [0.15, 0.2) is 11.1 Å². The first kappa shape index (κ1) is 10.4. The first-order valence-corrected chi connectivity index (χ1v) is 5.06. The smallest absolute Gasteiger partial charge is 0.336 e. The lowest BCUT2D eigenvalue weighted by Gasteiger charge is -2.00. The molecule has 1 unspecified atom stereocenters. The molecular weight excluding hydrogens is 260 g/mol. The summed E-state index contributed by atoms with van der Waals surface area (Å²) in [5, 5.41) is 8.66. The van der Waals surface area contributed by atoms with E-state index in [4.69, 9.17) is 9.66 Å². The summed E-state index contributed by atoms with van der Waals surface area (Å²) < 4.78 is 19.7. The minimum Gasteiger partial charge on any atom is -0.478 e. The predicted octanol–water partition coefficient (Wildman–Crippen LogP) is 1.73. The predicted molar refractivity (Wildman–Crippen MR) is 50.1 cm³/mol. The molecule has 0 radical (unpaired) electrons. The van der Waals surface area contributed by atoms with Gasteiger partial charge in [0, 0.05) is 4.47 Å². The highest BCUT2D eigenvalue weighted by Crippen LogP contribution is 2.19. The SMILES string of the molecule is O=C(O)c1cc(S(=O)O)ccc1Br. The third kappa shape index (κ3) is 2.36. The molecule has 4 nitrogen and oxygen atoms in total. The Morgan fingerprint density at radius 1 is 1.46 bits per heavy atom. The van der Waals surface area contributed by atoms with Gasteiger partial charge in [-0.15, -0.1) is 0 Å². The topological polar surface area (TPSA) is 74.6 Å². The number of hydrogen-bond acceptors (Lipinski definition) is 2. The Morgan fingerprint density at radius 3 is 2.54 bits per heavy atom. The van der Waals surface area contributed by atoms with E-state index in [1.807, 2.05) is 0 Å². The van der Waals surface area contributed by atoms with Crippen LogP contribution in [0.4, 0.5) is 0 Å². The standard InChI is InChI=1S/C7H5BrO4S/c8-6-2-1-4(13(11)12)3-5(6)7(9)10/h1-3H,(H,9,10)(H,11,12). The number of carboxylic acids is 1. The van der Waals surface area contributed by atoms with E-state index in [9.17, 15) is 9.00 Å². The number of aromatic carboxylic acids is 1. The molecule has 0 aliphatic heterocycles. The van der Waals surface area contributed by atoms with Crippen LogP contribution in [0, 0.1) is 0 Å². The van der Waals surface area contributed by atoms with Crippen molar-refractivity contribution < 1.29 is 18.7 Å². The van der Waals surface area contributed by atoms with Crippen molar-refractivity contribution in [1.29, 1.82) is 0 Å². The van der Waals surface area contributed by atoms with Crippen LogP contribution in [0.25, 0.3) is 0 Å². The van der Waals surface area contributed by atoms with Crippen molar-refractivity contribution in [2.45, 2.75) is 4.90 Å². The first-order chi connectivity index (χ1) is 6.02. The maximum absolute atomic E-state index is 10.6. The number of carbonyl (C=O) groups is 1. The van der Waals surface area contributed by atoms with Crippen molar-refractivity contribution in [3.63, 3.8) is 0 Å². The van der Waals surface area contributed by atoms with Crippen LogP contribution in [-0.4, -0.2) is 19.8 Å². The third-order valence-electron chi connectivity index (χ3n) is 1.37. The van der Waals surface area contributed by atoms with Crippen molar-refractivity contribution in [2.75, 3.05) is 0 Å². The molecule has 0 aromatic heterocycles. The van der Waals surface area contributed by atoms with Crippen molar-refractivity contribution >= 4 is 33.0 Å². The van der Waals surface area contributed by atoms with Crippen LogP contribution in [0.5, 0.6) is 0 Å². The molecule has 0 aliphatic carbocycles. The fraction of sp³-hybridized carbons (Fsp3) is 0. The molecule has 1 atom stereocenters. The molecule has 0 aliphatic rings. The lowest BCUT2D eigenvalue weighted by Crippen LogP contribution is -1.99. The van der Waals surface area contributed by atoms with Gasteiger partial charge < -0.3 is 9.66 Å². The second-order valence-corrected chi connectivity index (χ2v) is 4.02. The van der Waals surface area contributed by atoms with Crippen molar-refractivity contribution in [2.24, 2.45) is 0 Å². The minimum atomic E-state index is -2.15. The zero-order valence-electron chi connectivity index (χ0n) is 6.23. The fourth-order valence-corrected chi connectivity index (χ4v) is 1.60. The number of rotatable bonds is 2. The summed E-state index contributed by atoms with van der Waals surface area (Å²) in [6, 6.07) is 3.96. The summed E-state index contributed by atoms with van der Waals surface area (Å²) in [6.07, 6.45) is 0. The molecule has 1 rings (SSSR count). The van der Waals surface area contributed by atoms with Gasteiger partial charge in [-0.3, -0.25) is 0 Å². The van der Waals surface area contributed by atoms with E-state index in [-0.39, 0.29) is 10.5 Å². The van der Waals surface area contributed by atoms with Gasteiger partial charge in [0.2, 0.25) is 0 Å². The number of halogens is 1. The van der Waals surface area contributed by atoms with Gasteiger partial charge in [0.05, 0.1) is 10.5 Å². The van der Waals surface area contributed by atoms with Crippen LogP contribution >= 0.6 is 15.9 Å². The lowest BCUT2D eigenvalue weighted by molar-refractivity contribution is 0.0695. The molecular formula is C7H5BrO4S. The van der Waals surface area contributed by atoms with Crippen LogP contribution in [0.3, 0.4) is 0 Å². The second-order valence-electron chi connectivity index (χ2n) is 2.20. The molecule has 0 spiro atoms. The summed E-state index contributed by atoms with van der Waals surface area (Å²) in [4.78, 5) is 10.7. The molecule has 0 bridgehead atoms. The molecule has 0 heterocycles. The van der Waals surface area contributed by atoms with Gasteiger partial charge in [0.1, 0.15) is 0 Å². The minimum absolute atomic E-state index is 0.0279. The Balaban J connectivity index is 3.27. The monoisotopic (exact) mass is 264 g/mol. The molecule has 0 amide bonds. The van der Waals surface area contributed by atoms with Crippen molar-refractivity contribution in [3.8, 4) is 0 Å². The van der Waals surface area contributed by atoms with Crippen LogP contribution in [-0.2, 0) is 11.1 Å². The van der Waals surface area contributed by atoms with Gasteiger partial charge in [0.25, 0.3) is 0 Å². The molecule has 0 saturated heterocycles. The molecule has 0 saturated carbocycles. The van der Waals surface area contributed by atoms with Gasteiger partial charge in [-0.2, -0.15) is 0 Å². The van der Waals surface area contributed by atoms with Crippen LogP contribution in [0.1, 0.15) is 10.4 Å². The van der Waals surface area contributed by atoms with Crippen LogP contribution in [0.15, 0.2) is 27.6 Å². The van der Waals surface area contributed by atoms with E-state index in [1.165, 1.54) is 12.1 Å². The van der Waals surface area contributed by atoms with Gasteiger partial charge in [-0.25, -0.2) is 9.00 Å². The summed E-state index contributed by atoms with van der Waals surface area (Å²) in [5.41, 5.74) is -0.0279. The fourth-order valence-electron chi connectivity index (χ4n) is 0.777. The highest BCUT2D eigenvalue weighted by Gasteiger charge is 2.10. The molecule has 1 aromatic carbocycles. The maximum Gasteiger partial charge on any atom is 0.336 e. The first-order valence-electron chi connectivity index (χ1n) is 3.16. The quantitative estimate of drug-likeness (QED) is 0.798. The molecule has 6 heteroatoms. The van der Waals surface area contributed by atoms with Crippen molar-refractivity contribution in [3.05, 3.63) is 28.2 Å². The normalized spacial score (nSPS) is 12.5. The average molecular weight is 265 g/mol. The Labute approximate surface area is 85.0 Å². The van der Waals surface area contributed by atoms with Crippen molar-refractivity contribution in [1.82, 2.24) is 0 Å². The zero-order chi connectivity index (χ0) is 10.0. The van der Waals surface area contributed by atoms with Gasteiger partial charge >= 0.3 is 5.97 Å². The average Bonchev–Trinajstić information content (AvgIpc) is 2.04. The van der Waals surface area contributed by atoms with E-state index in [1.54, 1.807) is 0 Å². The number of benzene rings is 1. The Hall–Kier alpha value is -0.720. The number of hydrogen-bond donors (Lipinski definition) is 2. The Kier molecular flexibility index (Phi) is 3.18. The van der Waals surface area contributed by atoms with E-state index in [0.29, 0.717) is 4.47 Å². The van der Waals surface area contributed by atoms with Gasteiger partial charge in [-0.1, -0.05) is 0 Å². The molecule has 2 N–H and O–H groups in total. The molecule has 13 heavy (non-hydrogen) atoms. The second kappa shape index (κ2) is 3.99. The summed E-state index contributed by atoms with van der Waals surface area (Å²) in [5.74, 6) is -1.14. The van der Waals surface area contributed by atoms with Crippen LogP contribution < -0.4 is 0 Å². The molecule has 0 fully saturated rings. The molecule has 1 aromatic rings. The highest BCUT2D eigenvalue weighted by molar-refractivity contribution is 9.10. The van der Waals surface area contributed by atoms with E-state index in [2.05, 4.69) is 15.9 Å². The number of carboxylic acid groups (broad SMARTS) is 1. The maximum atomic E-state index is 10.6. The van der Waals surface area contributed by atoms with E-state index < -0.39 is 17.0 Å². The summed E-state index contributed by atoms with van der Waals surface area (Å²) in [6.45, 7) is 0. The largest absolute Gasteiger partial charge is 0.478 e. The Morgan fingerprint density at radius 2 is 2.08 bits per heavy atom. The summed E-state index contributed by atoms with van der Waals surface area (Å²) in [7, 11) is 0. The zero-order valence-corrected chi connectivity index (χ0v) is 8.63. The van der Waals surface area contributed by atoms with Crippen LogP contribution in [0.2, 0.25) is 0 Å². The Bertz CT molecular complexity index is 377. The van der Waals surface area contributed by atoms with Gasteiger partial charge in [-0.05, 0) is 34.1 Å². The third-order valence-corrected chi connectivity index (χ3v) is 2.72. The molecule has 70 valence electrons. The van der Waals surface area contributed by atoms with E-state index >= 15 is 0 Å². The highest BCUT2D eigenvalue weighted by atomic mass is 79.9. The summed E-state index contributed by atoms with van der Waals surface area (Å²) >= 11 is 0.870.